The minimum atomic E-state index is -3.17. The molecule has 0 saturated carbocycles. The second-order valence-electron chi connectivity index (χ2n) is 4.08. The molecule has 1 unspecified atom stereocenters. The minimum absolute atomic E-state index is 0.196. The second kappa shape index (κ2) is 6.52. The van der Waals surface area contributed by atoms with E-state index in [2.05, 4.69) is 21.2 Å². The van der Waals surface area contributed by atoms with Crippen LogP contribution in [0.5, 0.6) is 0 Å². The summed E-state index contributed by atoms with van der Waals surface area (Å²) in [6.45, 7) is 2.05. The van der Waals surface area contributed by atoms with Crippen molar-refractivity contribution in [2.45, 2.75) is 30.7 Å². The van der Waals surface area contributed by atoms with Gasteiger partial charge in [-0.2, -0.15) is 0 Å². The van der Waals surface area contributed by atoms with E-state index in [0.29, 0.717) is 21.8 Å². The van der Waals surface area contributed by atoms with Crippen LogP contribution in [-0.4, -0.2) is 27.3 Å². The summed E-state index contributed by atoms with van der Waals surface area (Å²) in [5.41, 5.74) is 0. The van der Waals surface area contributed by atoms with E-state index in [-0.39, 0.29) is 5.75 Å². The average Bonchev–Trinajstić information content (AvgIpc) is 2.28. The van der Waals surface area contributed by atoms with Gasteiger partial charge in [-0.25, -0.2) is 8.42 Å². The molecular formula is C12H18BrNO2S. The van der Waals surface area contributed by atoms with Crippen molar-refractivity contribution in [3.8, 4) is 0 Å². The molecule has 0 saturated heterocycles. The third-order valence-electron chi connectivity index (χ3n) is 2.71. The molecule has 0 aliphatic carbocycles. The molecule has 0 bridgehead atoms. The average molecular weight is 320 g/mol. The second-order valence-corrected chi connectivity index (χ2v) is 7.01. The zero-order chi connectivity index (χ0) is 12.9. The molecule has 0 aromatic heterocycles. The fourth-order valence-corrected chi connectivity index (χ4v) is 3.97. The molecule has 0 radical (unpaired) electrons. The quantitative estimate of drug-likeness (QED) is 0.876. The van der Waals surface area contributed by atoms with Gasteiger partial charge in [0.15, 0.2) is 9.84 Å². The Morgan fingerprint density at radius 3 is 2.59 bits per heavy atom. The minimum Gasteiger partial charge on any atom is -0.317 e. The monoisotopic (exact) mass is 319 g/mol. The van der Waals surface area contributed by atoms with E-state index in [1.54, 1.807) is 18.2 Å². The molecule has 1 atom stereocenters. The summed E-state index contributed by atoms with van der Waals surface area (Å²) in [6.07, 6.45) is 1.53. The van der Waals surface area contributed by atoms with Crippen LogP contribution in [0.2, 0.25) is 0 Å². The predicted octanol–water partition coefficient (Wildman–Crippen LogP) is 2.61. The Labute approximate surface area is 112 Å². The smallest absolute Gasteiger partial charge is 0.179 e. The summed E-state index contributed by atoms with van der Waals surface area (Å²) in [6, 6.07) is 7.30. The van der Waals surface area contributed by atoms with Gasteiger partial charge in [-0.1, -0.05) is 12.1 Å². The molecule has 0 amide bonds. The molecule has 0 fully saturated rings. The summed E-state index contributed by atoms with van der Waals surface area (Å²) < 4.78 is 24.8. The van der Waals surface area contributed by atoms with Crippen molar-refractivity contribution in [1.29, 1.82) is 0 Å². The van der Waals surface area contributed by atoms with E-state index in [9.17, 15) is 8.42 Å². The molecule has 1 N–H and O–H groups in total. The molecule has 1 aromatic rings. The number of nitrogens with one attached hydrogen (secondary N) is 1. The van der Waals surface area contributed by atoms with Gasteiger partial charge in [0.2, 0.25) is 0 Å². The van der Waals surface area contributed by atoms with Gasteiger partial charge in [0, 0.05) is 10.5 Å². The van der Waals surface area contributed by atoms with Gasteiger partial charge in [-0.05, 0) is 54.9 Å². The van der Waals surface area contributed by atoms with Crippen molar-refractivity contribution in [2.24, 2.45) is 0 Å². The lowest BCUT2D eigenvalue weighted by Crippen LogP contribution is -2.22. The third kappa shape index (κ3) is 4.41. The first-order chi connectivity index (χ1) is 7.97. The molecular weight excluding hydrogens is 302 g/mol. The number of benzene rings is 1. The van der Waals surface area contributed by atoms with Gasteiger partial charge in [0.05, 0.1) is 10.6 Å². The number of sulfone groups is 1. The molecule has 17 heavy (non-hydrogen) atoms. The Hall–Kier alpha value is -0.390. The van der Waals surface area contributed by atoms with Crippen LogP contribution >= 0.6 is 15.9 Å². The van der Waals surface area contributed by atoms with Crippen LogP contribution in [0.25, 0.3) is 0 Å². The summed E-state index contributed by atoms with van der Waals surface area (Å²) in [4.78, 5) is 0.386. The topological polar surface area (TPSA) is 46.2 Å². The lowest BCUT2D eigenvalue weighted by molar-refractivity contribution is 0.548. The van der Waals surface area contributed by atoms with Crippen LogP contribution < -0.4 is 5.32 Å². The third-order valence-corrected chi connectivity index (χ3v) is 5.52. The Morgan fingerprint density at radius 2 is 2.00 bits per heavy atom. The van der Waals surface area contributed by atoms with Crippen LogP contribution in [0.1, 0.15) is 19.8 Å². The molecule has 0 heterocycles. The van der Waals surface area contributed by atoms with Crippen LogP contribution in [0.3, 0.4) is 0 Å². The molecule has 1 aromatic carbocycles. The highest BCUT2D eigenvalue weighted by Crippen LogP contribution is 2.23. The molecule has 96 valence electrons. The summed E-state index contributed by atoms with van der Waals surface area (Å²) in [5.74, 6) is 0.196. The van der Waals surface area contributed by atoms with Gasteiger partial charge < -0.3 is 5.32 Å². The molecule has 0 spiro atoms. The number of hydrogen-bond donors (Lipinski definition) is 1. The zero-order valence-electron chi connectivity index (χ0n) is 10.1. The highest BCUT2D eigenvalue weighted by atomic mass is 79.9. The molecule has 3 nitrogen and oxygen atoms in total. The molecule has 5 heteroatoms. The Kier molecular flexibility index (Phi) is 5.62. The highest BCUT2D eigenvalue weighted by molar-refractivity contribution is 9.10. The van der Waals surface area contributed by atoms with E-state index in [4.69, 9.17) is 0 Å². The zero-order valence-corrected chi connectivity index (χ0v) is 12.5. The number of halogens is 1. The standard InChI is InChI=1S/C12H18BrNO2S/c1-10(14-2)6-5-9-17(15,16)12-8-4-3-7-11(12)13/h3-4,7-8,10,14H,5-6,9H2,1-2H3. The SMILES string of the molecule is CNC(C)CCCS(=O)(=O)c1ccccc1Br. The van der Waals surface area contributed by atoms with E-state index >= 15 is 0 Å². The maximum absolute atomic E-state index is 12.1. The van der Waals surface area contributed by atoms with E-state index < -0.39 is 9.84 Å². The van der Waals surface area contributed by atoms with Crippen LogP contribution in [0.4, 0.5) is 0 Å². The number of hydrogen-bond acceptors (Lipinski definition) is 3. The lowest BCUT2D eigenvalue weighted by atomic mass is 10.2. The Morgan fingerprint density at radius 1 is 1.35 bits per heavy atom. The Balaban J connectivity index is 2.67. The maximum atomic E-state index is 12.1. The van der Waals surface area contributed by atoms with Gasteiger partial charge in [-0.15, -0.1) is 0 Å². The summed E-state index contributed by atoms with van der Waals surface area (Å²) in [5, 5.41) is 3.10. The first kappa shape index (κ1) is 14.7. The van der Waals surface area contributed by atoms with Crippen molar-refractivity contribution >= 4 is 25.8 Å². The maximum Gasteiger partial charge on any atom is 0.179 e. The van der Waals surface area contributed by atoms with Crippen LogP contribution in [0.15, 0.2) is 33.6 Å². The highest BCUT2D eigenvalue weighted by Gasteiger charge is 2.17. The van der Waals surface area contributed by atoms with Crippen LogP contribution in [-0.2, 0) is 9.84 Å². The predicted molar refractivity (Wildman–Crippen MR) is 74.0 cm³/mol. The summed E-state index contributed by atoms with van der Waals surface area (Å²) in [7, 11) is -1.29. The van der Waals surface area contributed by atoms with Gasteiger partial charge in [-0.3, -0.25) is 0 Å². The molecule has 1 rings (SSSR count). The van der Waals surface area contributed by atoms with Gasteiger partial charge in [0.25, 0.3) is 0 Å². The fourth-order valence-electron chi connectivity index (χ4n) is 1.53. The van der Waals surface area contributed by atoms with E-state index in [1.165, 1.54) is 0 Å². The first-order valence-electron chi connectivity index (χ1n) is 5.62. The fraction of sp³-hybridized carbons (Fsp3) is 0.500. The van der Waals surface area contributed by atoms with Crippen molar-refractivity contribution in [2.75, 3.05) is 12.8 Å². The van der Waals surface area contributed by atoms with Gasteiger partial charge >= 0.3 is 0 Å². The normalized spacial score (nSPS) is 13.6. The van der Waals surface area contributed by atoms with Crippen molar-refractivity contribution in [3.63, 3.8) is 0 Å². The number of rotatable bonds is 6. The van der Waals surface area contributed by atoms with E-state index in [1.807, 2.05) is 20.0 Å². The van der Waals surface area contributed by atoms with Crippen molar-refractivity contribution in [1.82, 2.24) is 5.32 Å². The summed E-state index contributed by atoms with van der Waals surface area (Å²) >= 11 is 3.28. The molecule has 0 aliphatic heterocycles. The Bertz CT molecular complexity index is 459. The van der Waals surface area contributed by atoms with E-state index in [0.717, 1.165) is 6.42 Å². The lowest BCUT2D eigenvalue weighted by Gasteiger charge is -2.10. The first-order valence-corrected chi connectivity index (χ1v) is 8.06. The van der Waals surface area contributed by atoms with Crippen LogP contribution in [0, 0.1) is 0 Å². The largest absolute Gasteiger partial charge is 0.317 e. The van der Waals surface area contributed by atoms with Crippen molar-refractivity contribution in [3.05, 3.63) is 28.7 Å². The van der Waals surface area contributed by atoms with Crippen molar-refractivity contribution < 1.29 is 8.42 Å². The van der Waals surface area contributed by atoms with Gasteiger partial charge in [0.1, 0.15) is 0 Å². The molecule has 0 aliphatic rings.